The number of piperidine rings is 1. The highest BCUT2D eigenvalue weighted by atomic mass is 19.4. The smallest absolute Gasteiger partial charge is 0.416 e. The summed E-state index contributed by atoms with van der Waals surface area (Å²) in [7, 11) is 0. The first-order valence-electron chi connectivity index (χ1n) is 10.8. The summed E-state index contributed by atoms with van der Waals surface area (Å²) in [4.78, 5) is 13.6. The molecule has 0 radical (unpaired) electrons. The minimum absolute atomic E-state index is 0.264. The van der Waals surface area contributed by atoms with Crippen molar-refractivity contribution in [3.63, 3.8) is 0 Å². The van der Waals surface area contributed by atoms with Crippen LogP contribution in [0, 0.1) is 5.92 Å². The van der Waals surface area contributed by atoms with Crippen LogP contribution in [0.1, 0.15) is 35.6 Å². The highest BCUT2D eigenvalue weighted by molar-refractivity contribution is 5.70. The number of aliphatic carboxylic acids is 1. The molecule has 0 aromatic heterocycles. The Morgan fingerprint density at radius 2 is 1.61 bits per heavy atom. The molecule has 172 valence electrons. The lowest BCUT2D eigenvalue weighted by molar-refractivity contribution is -0.143. The number of carboxylic acids is 1. The Morgan fingerprint density at radius 3 is 2.30 bits per heavy atom. The Morgan fingerprint density at radius 1 is 0.939 bits per heavy atom. The van der Waals surface area contributed by atoms with Crippen LogP contribution in [-0.4, -0.2) is 29.1 Å². The Labute approximate surface area is 190 Å². The minimum Gasteiger partial charge on any atom is -0.481 e. The van der Waals surface area contributed by atoms with Gasteiger partial charge in [0, 0.05) is 6.54 Å². The van der Waals surface area contributed by atoms with E-state index in [0.717, 1.165) is 17.7 Å². The number of ether oxygens (including phenoxy) is 1. The second-order valence-electron chi connectivity index (χ2n) is 8.19. The molecule has 2 unspecified atom stereocenters. The van der Waals surface area contributed by atoms with Crippen LogP contribution in [0.2, 0.25) is 0 Å². The molecule has 0 saturated carbocycles. The van der Waals surface area contributed by atoms with E-state index in [1.54, 1.807) is 18.2 Å². The molecule has 1 aliphatic heterocycles. The number of nitrogens with zero attached hydrogens (tertiary/aromatic N) is 1. The van der Waals surface area contributed by atoms with E-state index in [4.69, 9.17) is 4.74 Å². The third-order valence-corrected chi connectivity index (χ3v) is 5.85. The molecule has 3 aromatic rings. The normalized spacial score (nSPS) is 18.0. The number of likely N-dealkylation sites (tertiary alicyclic amines) is 1. The number of hydrogen-bond acceptors (Lipinski definition) is 3. The Balaban J connectivity index is 1.73. The van der Waals surface area contributed by atoms with E-state index in [2.05, 4.69) is 0 Å². The van der Waals surface area contributed by atoms with Crippen molar-refractivity contribution in [2.45, 2.75) is 25.1 Å². The van der Waals surface area contributed by atoms with E-state index in [1.165, 1.54) is 6.07 Å². The fourth-order valence-electron chi connectivity index (χ4n) is 4.31. The largest absolute Gasteiger partial charge is 0.481 e. The first kappa shape index (κ1) is 22.9. The number of hydrogen-bond donors (Lipinski definition) is 1. The Bertz CT molecular complexity index is 1100. The molecule has 4 nitrogen and oxygen atoms in total. The van der Waals surface area contributed by atoms with Crippen molar-refractivity contribution in [3.05, 3.63) is 95.6 Å². The SMILES string of the molecule is O=C(O)C1CCCN(C(c2cccc(Oc3ccccc3)c2)c2cccc(C(F)(F)F)c2)C1. The molecule has 33 heavy (non-hydrogen) atoms. The Kier molecular flexibility index (Phi) is 6.70. The maximum Gasteiger partial charge on any atom is 0.416 e. The molecule has 0 bridgehead atoms. The van der Waals surface area contributed by atoms with E-state index in [-0.39, 0.29) is 6.54 Å². The lowest BCUT2D eigenvalue weighted by Crippen LogP contribution is -2.41. The first-order chi connectivity index (χ1) is 15.8. The van der Waals surface area contributed by atoms with Crippen LogP contribution in [0.4, 0.5) is 13.2 Å². The van der Waals surface area contributed by atoms with E-state index < -0.39 is 29.7 Å². The third-order valence-electron chi connectivity index (χ3n) is 5.85. The van der Waals surface area contributed by atoms with E-state index in [0.29, 0.717) is 36.4 Å². The highest BCUT2D eigenvalue weighted by Gasteiger charge is 2.34. The molecule has 1 heterocycles. The fourth-order valence-corrected chi connectivity index (χ4v) is 4.31. The molecule has 0 amide bonds. The second-order valence-corrected chi connectivity index (χ2v) is 8.19. The van der Waals surface area contributed by atoms with Crippen molar-refractivity contribution in [3.8, 4) is 11.5 Å². The predicted octanol–water partition coefficient (Wildman–Crippen LogP) is 6.38. The third kappa shape index (κ3) is 5.54. The second kappa shape index (κ2) is 9.67. The summed E-state index contributed by atoms with van der Waals surface area (Å²) >= 11 is 0. The molecule has 4 rings (SSSR count). The van der Waals surface area contributed by atoms with Gasteiger partial charge in [0.15, 0.2) is 0 Å². The van der Waals surface area contributed by atoms with Crippen molar-refractivity contribution in [1.82, 2.24) is 4.90 Å². The Hall–Kier alpha value is -3.32. The number of halogens is 3. The molecule has 1 fully saturated rings. The van der Waals surface area contributed by atoms with Crippen molar-refractivity contribution < 1.29 is 27.8 Å². The molecule has 3 aromatic carbocycles. The molecule has 1 saturated heterocycles. The zero-order valence-corrected chi connectivity index (χ0v) is 17.8. The van der Waals surface area contributed by atoms with Gasteiger partial charge in [-0.2, -0.15) is 13.2 Å². The zero-order chi connectivity index (χ0) is 23.4. The van der Waals surface area contributed by atoms with Crippen LogP contribution in [0.3, 0.4) is 0 Å². The zero-order valence-electron chi connectivity index (χ0n) is 17.8. The van der Waals surface area contributed by atoms with E-state index >= 15 is 0 Å². The average Bonchev–Trinajstić information content (AvgIpc) is 2.80. The standard InChI is InChI=1S/C26H24F3NO3/c27-26(28,29)21-10-4-7-18(15-21)24(30-14-6-9-20(17-30)25(31)32)19-8-5-13-23(16-19)33-22-11-2-1-3-12-22/h1-5,7-8,10-13,15-16,20,24H,6,9,14,17H2,(H,31,32). The molecule has 0 aliphatic carbocycles. The van der Waals surface area contributed by atoms with Crippen LogP contribution in [-0.2, 0) is 11.0 Å². The molecule has 0 spiro atoms. The summed E-state index contributed by atoms with van der Waals surface area (Å²) in [5, 5.41) is 9.54. The summed E-state index contributed by atoms with van der Waals surface area (Å²) in [6.07, 6.45) is -3.25. The van der Waals surface area contributed by atoms with Gasteiger partial charge in [0.2, 0.25) is 0 Å². The van der Waals surface area contributed by atoms with Gasteiger partial charge in [0.05, 0.1) is 17.5 Å². The van der Waals surface area contributed by atoms with Crippen molar-refractivity contribution >= 4 is 5.97 Å². The van der Waals surface area contributed by atoms with E-state index in [1.807, 2.05) is 47.4 Å². The van der Waals surface area contributed by atoms with Crippen LogP contribution < -0.4 is 4.74 Å². The minimum atomic E-state index is -4.47. The molecule has 1 aliphatic rings. The number of alkyl halides is 3. The lowest BCUT2D eigenvalue weighted by atomic mass is 9.90. The summed E-state index contributed by atoms with van der Waals surface area (Å²) < 4.78 is 46.3. The van der Waals surface area contributed by atoms with Gasteiger partial charge in [0.1, 0.15) is 11.5 Å². The van der Waals surface area contributed by atoms with E-state index in [9.17, 15) is 23.1 Å². The maximum atomic E-state index is 13.4. The molecule has 2 atom stereocenters. The number of rotatable bonds is 6. The molecular formula is C26H24F3NO3. The lowest BCUT2D eigenvalue weighted by Gasteiger charge is -2.38. The predicted molar refractivity (Wildman–Crippen MR) is 118 cm³/mol. The van der Waals surface area contributed by atoms with Gasteiger partial charge in [-0.3, -0.25) is 9.69 Å². The average molecular weight is 455 g/mol. The van der Waals surface area contributed by atoms with Crippen molar-refractivity contribution in [2.24, 2.45) is 5.92 Å². The fraction of sp³-hybridized carbons (Fsp3) is 0.269. The molecule has 7 heteroatoms. The number of carbonyl (C=O) groups is 1. The summed E-state index contributed by atoms with van der Waals surface area (Å²) in [6, 6.07) is 21.2. The first-order valence-corrected chi connectivity index (χ1v) is 10.8. The van der Waals surface area contributed by atoms with Gasteiger partial charge in [-0.1, -0.05) is 42.5 Å². The van der Waals surface area contributed by atoms with Crippen LogP contribution in [0.15, 0.2) is 78.9 Å². The van der Waals surface area contributed by atoms with Crippen molar-refractivity contribution in [2.75, 3.05) is 13.1 Å². The monoisotopic (exact) mass is 455 g/mol. The van der Waals surface area contributed by atoms with Gasteiger partial charge in [-0.05, 0) is 66.9 Å². The van der Waals surface area contributed by atoms with Gasteiger partial charge in [-0.15, -0.1) is 0 Å². The summed E-state index contributed by atoms with van der Waals surface area (Å²) in [5.74, 6) is -0.240. The van der Waals surface area contributed by atoms with Gasteiger partial charge >= 0.3 is 12.1 Å². The number of carboxylic acid groups (broad SMARTS) is 1. The maximum absolute atomic E-state index is 13.4. The van der Waals surface area contributed by atoms with Crippen LogP contribution in [0.25, 0.3) is 0 Å². The quantitative estimate of drug-likeness (QED) is 0.468. The van der Waals surface area contributed by atoms with Crippen LogP contribution >= 0.6 is 0 Å². The van der Waals surface area contributed by atoms with Gasteiger partial charge < -0.3 is 9.84 Å². The van der Waals surface area contributed by atoms with Crippen LogP contribution in [0.5, 0.6) is 11.5 Å². The number of para-hydroxylation sites is 1. The molecule has 1 N–H and O–H groups in total. The van der Waals surface area contributed by atoms with Crippen molar-refractivity contribution in [1.29, 1.82) is 0 Å². The topological polar surface area (TPSA) is 49.8 Å². The summed E-state index contributed by atoms with van der Waals surface area (Å²) in [5.41, 5.74) is 0.481. The van der Waals surface area contributed by atoms with Gasteiger partial charge in [0.25, 0.3) is 0 Å². The highest BCUT2D eigenvalue weighted by Crippen LogP contribution is 2.37. The number of benzene rings is 3. The summed E-state index contributed by atoms with van der Waals surface area (Å²) in [6.45, 7) is 0.856. The van der Waals surface area contributed by atoms with Gasteiger partial charge in [-0.25, -0.2) is 0 Å². The molecular weight excluding hydrogens is 431 g/mol.